The van der Waals surface area contributed by atoms with Gasteiger partial charge in [-0.1, -0.05) is 55.5 Å². The van der Waals surface area contributed by atoms with E-state index < -0.39 is 5.97 Å². The number of carboxylic acids is 1. The lowest BCUT2D eigenvalue weighted by molar-refractivity contribution is -0.136. The van der Waals surface area contributed by atoms with Gasteiger partial charge in [-0.3, -0.25) is 9.59 Å². The molecule has 1 N–H and O–H groups in total. The van der Waals surface area contributed by atoms with Crippen molar-refractivity contribution in [2.45, 2.75) is 44.1 Å². The highest BCUT2D eigenvalue weighted by Gasteiger charge is 2.17. The van der Waals surface area contributed by atoms with E-state index in [2.05, 4.69) is 6.92 Å². The molecule has 32 heavy (non-hydrogen) atoms. The largest absolute Gasteiger partial charge is 0.490 e. The minimum absolute atomic E-state index is 0.0277. The lowest BCUT2D eigenvalue weighted by atomic mass is 9.99. The zero-order valence-corrected chi connectivity index (χ0v) is 19.2. The summed E-state index contributed by atoms with van der Waals surface area (Å²) in [6, 6.07) is 22.7. The third-order valence-corrected chi connectivity index (χ3v) is 6.13. The summed E-state index contributed by atoms with van der Waals surface area (Å²) in [6.07, 6.45) is 1.60. The Bertz CT molecular complexity index is 1060. The topological polar surface area (TPSA) is 63.6 Å². The van der Waals surface area contributed by atoms with Crippen molar-refractivity contribution < 1.29 is 19.4 Å². The molecule has 0 aromatic heterocycles. The highest BCUT2D eigenvalue weighted by Crippen LogP contribution is 2.27. The van der Waals surface area contributed by atoms with Gasteiger partial charge >= 0.3 is 5.97 Å². The van der Waals surface area contributed by atoms with Crippen molar-refractivity contribution in [1.82, 2.24) is 0 Å². The first kappa shape index (κ1) is 23.6. The summed E-state index contributed by atoms with van der Waals surface area (Å²) < 4.78 is 6.19. The zero-order valence-electron chi connectivity index (χ0n) is 18.4. The number of carbonyl (C=O) groups is 2. The molecule has 0 bridgehead atoms. The number of ether oxygens (including phenoxy) is 1. The first-order valence-electron chi connectivity index (χ1n) is 10.8. The van der Waals surface area contributed by atoms with Gasteiger partial charge in [-0.2, -0.15) is 0 Å². The number of carbonyl (C=O) groups excluding carboxylic acids is 1. The van der Waals surface area contributed by atoms with Crippen LogP contribution in [0.2, 0.25) is 0 Å². The molecule has 1 atom stereocenters. The Labute approximate surface area is 193 Å². The molecule has 3 aromatic rings. The Kier molecular flexibility index (Phi) is 8.51. The maximum atomic E-state index is 13.1. The van der Waals surface area contributed by atoms with Crippen LogP contribution in [0, 0.1) is 0 Å². The fourth-order valence-electron chi connectivity index (χ4n) is 3.36. The summed E-state index contributed by atoms with van der Waals surface area (Å²) >= 11 is 1.67. The molecule has 0 aliphatic heterocycles. The zero-order chi connectivity index (χ0) is 22.9. The van der Waals surface area contributed by atoms with Crippen molar-refractivity contribution >= 4 is 23.5 Å². The number of carboxylic acid groups (broad SMARTS) is 1. The second kappa shape index (κ2) is 11.5. The number of benzene rings is 3. The molecule has 0 aliphatic rings. The predicted molar refractivity (Wildman–Crippen MR) is 129 cm³/mol. The van der Waals surface area contributed by atoms with Gasteiger partial charge in [-0.25, -0.2) is 0 Å². The molecule has 0 aliphatic carbocycles. The summed E-state index contributed by atoms with van der Waals surface area (Å²) in [5.41, 5.74) is 3.14. The van der Waals surface area contributed by atoms with E-state index in [1.807, 2.05) is 79.7 Å². The maximum Gasteiger partial charge on any atom is 0.307 e. The summed E-state index contributed by atoms with van der Waals surface area (Å²) in [5.74, 6) is 0.570. The first-order chi connectivity index (χ1) is 15.5. The van der Waals surface area contributed by atoms with E-state index in [1.165, 1.54) is 0 Å². The summed E-state index contributed by atoms with van der Waals surface area (Å²) in [4.78, 5) is 25.1. The Morgan fingerprint density at radius 2 is 1.75 bits per heavy atom. The van der Waals surface area contributed by atoms with Gasteiger partial charge in [-0.05, 0) is 55.2 Å². The Morgan fingerprint density at radius 1 is 0.969 bits per heavy atom. The molecule has 0 unspecified atom stereocenters. The first-order valence-corrected chi connectivity index (χ1v) is 11.8. The van der Waals surface area contributed by atoms with Gasteiger partial charge in [0, 0.05) is 16.2 Å². The summed E-state index contributed by atoms with van der Waals surface area (Å²) in [5, 5.41) is 8.97. The maximum absolute atomic E-state index is 13.1. The van der Waals surface area contributed by atoms with Crippen LogP contribution in [0.15, 0.2) is 77.7 Å². The number of aryl methyl sites for hydroxylation is 1. The number of aliphatic carboxylic acids is 1. The molecule has 0 saturated carbocycles. The molecule has 0 radical (unpaired) electrons. The van der Waals surface area contributed by atoms with E-state index in [0.29, 0.717) is 16.9 Å². The average Bonchev–Trinajstić information content (AvgIpc) is 2.79. The van der Waals surface area contributed by atoms with Gasteiger partial charge in [0.05, 0.1) is 18.1 Å². The molecule has 0 fully saturated rings. The fraction of sp³-hybridized carbons (Fsp3) is 0.259. The van der Waals surface area contributed by atoms with Crippen LogP contribution in [0.4, 0.5) is 0 Å². The Balaban J connectivity index is 1.64. The molecule has 3 aromatic carbocycles. The van der Waals surface area contributed by atoms with Crippen LogP contribution in [0.1, 0.15) is 47.3 Å². The lowest BCUT2D eigenvalue weighted by Crippen LogP contribution is -2.15. The minimum atomic E-state index is -0.830. The van der Waals surface area contributed by atoms with Crippen LogP contribution in [0.3, 0.4) is 0 Å². The van der Waals surface area contributed by atoms with Gasteiger partial charge in [-0.15, -0.1) is 11.8 Å². The van der Waals surface area contributed by atoms with Gasteiger partial charge in [0.1, 0.15) is 5.75 Å². The SMILES string of the molecule is CCc1ccc(O[C@H](C)CCSc2cccc(CC(=O)O)c2)c(C(=O)c2ccccc2)c1. The predicted octanol–water partition coefficient (Wildman–Crippen LogP) is 6.06. The fourth-order valence-corrected chi connectivity index (χ4v) is 4.46. The second-order valence-corrected chi connectivity index (χ2v) is 8.83. The molecule has 0 heterocycles. The monoisotopic (exact) mass is 448 g/mol. The van der Waals surface area contributed by atoms with E-state index in [4.69, 9.17) is 9.84 Å². The van der Waals surface area contributed by atoms with Crippen LogP contribution >= 0.6 is 11.8 Å². The van der Waals surface area contributed by atoms with Crippen LogP contribution in [-0.4, -0.2) is 28.7 Å². The molecular weight excluding hydrogens is 420 g/mol. The van der Waals surface area contributed by atoms with E-state index in [0.717, 1.165) is 34.6 Å². The van der Waals surface area contributed by atoms with Gasteiger partial charge in [0.2, 0.25) is 0 Å². The Hall–Kier alpha value is -3.05. The van der Waals surface area contributed by atoms with Crippen molar-refractivity contribution in [3.8, 4) is 5.75 Å². The van der Waals surface area contributed by atoms with Crippen molar-refractivity contribution in [3.05, 3.63) is 95.1 Å². The van der Waals surface area contributed by atoms with Crippen molar-refractivity contribution in [3.63, 3.8) is 0 Å². The smallest absolute Gasteiger partial charge is 0.307 e. The molecule has 0 saturated heterocycles. The molecule has 0 amide bonds. The van der Waals surface area contributed by atoms with E-state index in [1.54, 1.807) is 11.8 Å². The number of hydrogen-bond acceptors (Lipinski definition) is 4. The second-order valence-electron chi connectivity index (χ2n) is 7.66. The highest BCUT2D eigenvalue weighted by molar-refractivity contribution is 7.99. The van der Waals surface area contributed by atoms with Crippen molar-refractivity contribution in [2.24, 2.45) is 0 Å². The van der Waals surface area contributed by atoms with Gasteiger partial charge < -0.3 is 9.84 Å². The van der Waals surface area contributed by atoms with Crippen LogP contribution in [0.5, 0.6) is 5.75 Å². The number of ketones is 1. The standard InChI is InChI=1S/C27H28O4S/c1-3-20-12-13-25(24(17-20)27(30)22-9-5-4-6-10-22)31-19(2)14-15-32-23-11-7-8-21(16-23)18-26(28)29/h4-13,16-17,19H,3,14-15,18H2,1-2H3,(H,28,29)/t19-/m1/s1. The average molecular weight is 449 g/mol. The van der Waals surface area contributed by atoms with Gasteiger partial charge in [0.15, 0.2) is 5.78 Å². The summed E-state index contributed by atoms with van der Waals surface area (Å²) in [6.45, 7) is 4.07. The molecule has 4 nitrogen and oxygen atoms in total. The number of thioether (sulfide) groups is 1. The van der Waals surface area contributed by atoms with E-state index in [9.17, 15) is 9.59 Å². The molecule has 3 rings (SSSR count). The Morgan fingerprint density at radius 3 is 2.47 bits per heavy atom. The third-order valence-electron chi connectivity index (χ3n) is 5.11. The van der Waals surface area contributed by atoms with Crippen molar-refractivity contribution in [1.29, 1.82) is 0 Å². The van der Waals surface area contributed by atoms with Gasteiger partial charge in [0.25, 0.3) is 0 Å². The van der Waals surface area contributed by atoms with Crippen molar-refractivity contribution in [2.75, 3.05) is 5.75 Å². The van der Waals surface area contributed by atoms with Crippen LogP contribution < -0.4 is 4.74 Å². The molecule has 166 valence electrons. The van der Waals surface area contributed by atoms with E-state index in [-0.39, 0.29) is 18.3 Å². The lowest BCUT2D eigenvalue weighted by Gasteiger charge is -2.18. The highest BCUT2D eigenvalue weighted by atomic mass is 32.2. The number of rotatable bonds is 11. The van der Waals surface area contributed by atoms with Crippen LogP contribution in [0.25, 0.3) is 0 Å². The minimum Gasteiger partial charge on any atom is -0.490 e. The van der Waals surface area contributed by atoms with Crippen LogP contribution in [-0.2, 0) is 17.6 Å². The molecule has 0 spiro atoms. The van der Waals surface area contributed by atoms with E-state index >= 15 is 0 Å². The quantitative estimate of drug-likeness (QED) is 0.285. The molecule has 5 heteroatoms. The summed E-state index contributed by atoms with van der Waals surface area (Å²) in [7, 11) is 0. The molecular formula is C27H28O4S. The number of hydrogen-bond donors (Lipinski definition) is 1. The third kappa shape index (κ3) is 6.72. The normalized spacial score (nSPS) is 11.7.